The number of rotatable bonds is 1. The molecule has 1 aliphatic rings. The molecule has 1 aromatic carbocycles. The first-order valence-electron chi connectivity index (χ1n) is 5.11. The van der Waals surface area contributed by atoms with Gasteiger partial charge in [0.05, 0.1) is 18.5 Å². The van der Waals surface area contributed by atoms with E-state index in [9.17, 15) is 8.42 Å². The van der Waals surface area contributed by atoms with E-state index < -0.39 is 10.0 Å². The maximum atomic E-state index is 11.7. The first kappa shape index (κ1) is 11.3. The van der Waals surface area contributed by atoms with Crippen molar-refractivity contribution in [1.82, 2.24) is 0 Å². The van der Waals surface area contributed by atoms with Crippen LogP contribution in [0.15, 0.2) is 12.1 Å². The van der Waals surface area contributed by atoms with Crippen molar-refractivity contribution >= 4 is 15.7 Å². The summed E-state index contributed by atoms with van der Waals surface area (Å²) in [4.78, 5) is 0. The number of anilines is 1. The minimum absolute atomic E-state index is 0.385. The summed E-state index contributed by atoms with van der Waals surface area (Å²) in [5.74, 6) is 0.661. The van der Waals surface area contributed by atoms with E-state index in [2.05, 4.69) is 0 Å². The zero-order valence-electron chi connectivity index (χ0n) is 9.65. The molecule has 0 amide bonds. The van der Waals surface area contributed by atoms with Gasteiger partial charge in [0.25, 0.3) is 0 Å². The highest BCUT2D eigenvalue weighted by molar-refractivity contribution is 7.92. The predicted octanol–water partition coefficient (Wildman–Crippen LogP) is 1.46. The van der Waals surface area contributed by atoms with Gasteiger partial charge in [-0.05, 0) is 31.0 Å². The molecule has 0 spiro atoms. The molecule has 0 saturated carbocycles. The van der Waals surface area contributed by atoms with Crippen LogP contribution in [0.4, 0.5) is 5.69 Å². The Morgan fingerprint density at radius 1 is 1.31 bits per heavy atom. The molecule has 88 valence electrons. The lowest BCUT2D eigenvalue weighted by atomic mass is 10.1. The van der Waals surface area contributed by atoms with E-state index in [4.69, 9.17) is 4.74 Å². The van der Waals surface area contributed by atoms with Gasteiger partial charge in [0.1, 0.15) is 12.4 Å². The third-order valence-corrected chi connectivity index (χ3v) is 3.78. The van der Waals surface area contributed by atoms with E-state index in [-0.39, 0.29) is 0 Å². The average Bonchev–Trinajstić information content (AvgIpc) is 2.14. The van der Waals surface area contributed by atoms with Crippen LogP contribution in [-0.4, -0.2) is 27.8 Å². The van der Waals surface area contributed by atoms with Gasteiger partial charge < -0.3 is 4.74 Å². The van der Waals surface area contributed by atoms with Crippen LogP contribution in [0.5, 0.6) is 5.75 Å². The number of hydrogen-bond acceptors (Lipinski definition) is 3. The maximum Gasteiger partial charge on any atom is 0.232 e. The van der Waals surface area contributed by atoms with E-state index >= 15 is 0 Å². The summed E-state index contributed by atoms with van der Waals surface area (Å²) in [7, 11) is -3.22. The number of aryl methyl sites for hydroxylation is 2. The van der Waals surface area contributed by atoms with Crippen LogP contribution in [0, 0.1) is 13.8 Å². The second-order valence-corrected chi connectivity index (χ2v) is 6.02. The fourth-order valence-corrected chi connectivity index (χ4v) is 3.00. The summed E-state index contributed by atoms with van der Waals surface area (Å²) < 4.78 is 30.2. The van der Waals surface area contributed by atoms with Crippen molar-refractivity contribution < 1.29 is 13.2 Å². The van der Waals surface area contributed by atoms with Crippen LogP contribution >= 0.6 is 0 Å². The molecular formula is C11H15NO3S. The Morgan fingerprint density at radius 3 is 2.62 bits per heavy atom. The lowest BCUT2D eigenvalue weighted by Crippen LogP contribution is -2.37. The quantitative estimate of drug-likeness (QED) is 0.748. The number of benzene rings is 1. The van der Waals surface area contributed by atoms with E-state index in [1.54, 1.807) is 0 Å². The molecule has 1 aliphatic heterocycles. The van der Waals surface area contributed by atoms with Crippen LogP contribution in [0.3, 0.4) is 0 Å². The third kappa shape index (κ3) is 1.87. The number of hydrogen-bond donors (Lipinski definition) is 0. The van der Waals surface area contributed by atoms with E-state index in [0.717, 1.165) is 11.1 Å². The predicted molar refractivity (Wildman–Crippen MR) is 63.6 cm³/mol. The highest BCUT2D eigenvalue weighted by Gasteiger charge is 2.26. The van der Waals surface area contributed by atoms with E-state index in [0.29, 0.717) is 24.6 Å². The van der Waals surface area contributed by atoms with E-state index in [1.807, 2.05) is 26.0 Å². The smallest absolute Gasteiger partial charge is 0.232 e. The second kappa shape index (κ2) is 3.66. The van der Waals surface area contributed by atoms with Crippen LogP contribution in [0.25, 0.3) is 0 Å². The molecule has 0 atom stereocenters. The fourth-order valence-electron chi connectivity index (χ4n) is 2.03. The van der Waals surface area contributed by atoms with Gasteiger partial charge in [-0.2, -0.15) is 0 Å². The molecule has 2 rings (SSSR count). The van der Waals surface area contributed by atoms with Gasteiger partial charge in [-0.25, -0.2) is 8.42 Å². The van der Waals surface area contributed by atoms with Crippen LogP contribution in [-0.2, 0) is 10.0 Å². The Labute approximate surface area is 95.9 Å². The molecule has 0 aliphatic carbocycles. The highest BCUT2D eigenvalue weighted by atomic mass is 32.2. The highest BCUT2D eigenvalue weighted by Crippen LogP contribution is 2.37. The number of fused-ring (bicyclic) bond motifs is 1. The Bertz CT molecular complexity index is 522. The summed E-state index contributed by atoms with van der Waals surface area (Å²) >= 11 is 0. The summed E-state index contributed by atoms with van der Waals surface area (Å²) in [6.07, 6.45) is 1.22. The molecule has 1 aromatic rings. The summed E-state index contributed by atoms with van der Waals surface area (Å²) in [6, 6.07) is 3.84. The summed E-state index contributed by atoms with van der Waals surface area (Å²) in [5, 5.41) is 0. The van der Waals surface area contributed by atoms with Gasteiger partial charge in [0, 0.05) is 0 Å². The molecule has 0 N–H and O–H groups in total. The SMILES string of the molecule is Cc1cc(C)c2c(c1)OCCN2S(C)(=O)=O. The van der Waals surface area contributed by atoms with Crippen molar-refractivity contribution in [2.75, 3.05) is 23.7 Å². The molecule has 4 nitrogen and oxygen atoms in total. The zero-order chi connectivity index (χ0) is 11.9. The van der Waals surface area contributed by atoms with Crippen molar-refractivity contribution in [2.24, 2.45) is 0 Å². The summed E-state index contributed by atoms with van der Waals surface area (Å²) in [5.41, 5.74) is 2.69. The molecular weight excluding hydrogens is 226 g/mol. The molecule has 1 heterocycles. The van der Waals surface area contributed by atoms with Gasteiger partial charge in [-0.15, -0.1) is 0 Å². The molecule has 0 radical (unpaired) electrons. The van der Waals surface area contributed by atoms with Crippen molar-refractivity contribution in [3.05, 3.63) is 23.3 Å². The van der Waals surface area contributed by atoms with E-state index in [1.165, 1.54) is 10.6 Å². The van der Waals surface area contributed by atoms with Gasteiger partial charge in [0.15, 0.2) is 0 Å². The second-order valence-electron chi connectivity index (χ2n) is 4.11. The third-order valence-electron chi connectivity index (χ3n) is 2.61. The van der Waals surface area contributed by atoms with Crippen LogP contribution in [0.2, 0.25) is 0 Å². The maximum absolute atomic E-state index is 11.7. The molecule has 5 heteroatoms. The molecule has 0 saturated heterocycles. The number of sulfonamides is 1. The first-order chi connectivity index (χ1) is 7.39. The Hall–Kier alpha value is -1.23. The minimum atomic E-state index is -3.22. The van der Waals surface area contributed by atoms with Crippen molar-refractivity contribution in [3.63, 3.8) is 0 Å². The standard InChI is InChI=1S/C11H15NO3S/c1-8-6-9(2)11-10(7-8)15-5-4-12(11)16(3,13)14/h6-7H,4-5H2,1-3H3. The molecule has 0 fully saturated rings. The van der Waals surface area contributed by atoms with Gasteiger partial charge in [0.2, 0.25) is 10.0 Å². The van der Waals surface area contributed by atoms with Crippen LogP contribution < -0.4 is 9.04 Å². The van der Waals surface area contributed by atoms with Gasteiger partial charge in [-0.3, -0.25) is 4.31 Å². The van der Waals surface area contributed by atoms with Crippen molar-refractivity contribution in [1.29, 1.82) is 0 Å². The minimum Gasteiger partial charge on any atom is -0.489 e. The topological polar surface area (TPSA) is 46.6 Å². The molecule has 16 heavy (non-hydrogen) atoms. The molecule has 0 unspecified atom stereocenters. The normalized spacial score (nSPS) is 15.6. The van der Waals surface area contributed by atoms with Gasteiger partial charge in [-0.1, -0.05) is 6.07 Å². The van der Waals surface area contributed by atoms with Crippen LogP contribution in [0.1, 0.15) is 11.1 Å². The monoisotopic (exact) mass is 241 g/mol. The van der Waals surface area contributed by atoms with Crippen molar-refractivity contribution in [3.8, 4) is 5.75 Å². The van der Waals surface area contributed by atoms with Crippen molar-refractivity contribution in [2.45, 2.75) is 13.8 Å². The first-order valence-corrected chi connectivity index (χ1v) is 6.96. The number of ether oxygens (including phenoxy) is 1. The average molecular weight is 241 g/mol. The fraction of sp³-hybridized carbons (Fsp3) is 0.455. The molecule has 0 bridgehead atoms. The zero-order valence-corrected chi connectivity index (χ0v) is 10.5. The lowest BCUT2D eigenvalue weighted by Gasteiger charge is -2.31. The number of nitrogens with zero attached hydrogens (tertiary/aromatic N) is 1. The largest absolute Gasteiger partial charge is 0.489 e. The Balaban J connectivity index is 2.63. The molecule has 0 aromatic heterocycles. The Kier molecular flexibility index (Phi) is 2.58. The summed E-state index contributed by atoms with van der Waals surface area (Å²) in [6.45, 7) is 4.66. The van der Waals surface area contributed by atoms with Gasteiger partial charge >= 0.3 is 0 Å². The lowest BCUT2D eigenvalue weighted by molar-refractivity contribution is 0.315. The Morgan fingerprint density at radius 2 is 2.00 bits per heavy atom.